The van der Waals surface area contributed by atoms with E-state index in [1.54, 1.807) is 0 Å². The molecule has 0 amide bonds. The first kappa shape index (κ1) is 12.5. The number of fused-ring (bicyclic) bond motifs is 1. The maximum absolute atomic E-state index is 11.2. The van der Waals surface area contributed by atoms with Crippen molar-refractivity contribution in [3.8, 4) is 11.8 Å². The van der Waals surface area contributed by atoms with Gasteiger partial charge in [0.1, 0.15) is 11.2 Å². The maximum atomic E-state index is 11.2. The van der Waals surface area contributed by atoms with E-state index >= 15 is 0 Å². The minimum absolute atomic E-state index is 0.253. The van der Waals surface area contributed by atoms with E-state index in [0.717, 1.165) is 24.2 Å². The molecule has 1 N–H and O–H groups in total. The number of nitrogens with zero attached hydrogens (tertiary/aromatic N) is 1. The molecule has 1 fully saturated rings. The second-order valence-electron chi connectivity index (χ2n) is 5.66. The van der Waals surface area contributed by atoms with E-state index in [1.165, 1.54) is 0 Å². The van der Waals surface area contributed by atoms with Crippen molar-refractivity contribution < 1.29 is 9.84 Å². The molecule has 1 aliphatic carbocycles. The summed E-state index contributed by atoms with van der Waals surface area (Å²) >= 11 is 0. The van der Waals surface area contributed by atoms with Gasteiger partial charge in [0.2, 0.25) is 0 Å². The summed E-state index contributed by atoms with van der Waals surface area (Å²) in [4.78, 5) is 0. The zero-order valence-electron chi connectivity index (χ0n) is 11.2. The number of ether oxygens (including phenoxy) is 1. The molecule has 0 radical (unpaired) electrons. The van der Waals surface area contributed by atoms with Crippen LogP contribution in [0.25, 0.3) is 0 Å². The Morgan fingerprint density at radius 1 is 1.47 bits per heavy atom. The van der Waals surface area contributed by atoms with Crippen molar-refractivity contribution in [2.75, 3.05) is 6.61 Å². The predicted molar refractivity (Wildman–Crippen MR) is 71.8 cm³/mol. The quantitative estimate of drug-likeness (QED) is 0.905. The van der Waals surface area contributed by atoms with Crippen molar-refractivity contribution in [3.05, 3.63) is 29.8 Å². The number of hydrogen-bond donors (Lipinski definition) is 1. The third-order valence-corrected chi connectivity index (χ3v) is 4.80. The molecular formula is C16H19NO2. The first-order chi connectivity index (χ1) is 9.18. The van der Waals surface area contributed by atoms with Crippen molar-refractivity contribution in [3.63, 3.8) is 0 Å². The molecule has 100 valence electrons. The van der Waals surface area contributed by atoms with Gasteiger partial charge in [-0.3, -0.25) is 0 Å². The Balaban J connectivity index is 2.17. The molecular weight excluding hydrogens is 238 g/mol. The molecule has 19 heavy (non-hydrogen) atoms. The van der Waals surface area contributed by atoms with Gasteiger partial charge in [0.25, 0.3) is 0 Å². The second kappa shape index (κ2) is 4.25. The van der Waals surface area contributed by atoms with Gasteiger partial charge in [0, 0.05) is 12.0 Å². The van der Waals surface area contributed by atoms with Crippen molar-refractivity contribution in [2.24, 2.45) is 5.92 Å². The van der Waals surface area contributed by atoms with Gasteiger partial charge < -0.3 is 9.84 Å². The number of para-hydroxylation sites is 1. The lowest BCUT2D eigenvalue weighted by Crippen LogP contribution is -2.54. The van der Waals surface area contributed by atoms with Crippen LogP contribution in [0.4, 0.5) is 0 Å². The van der Waals surface area contributed by atoms with Crippen molar-refractivity contribution in [2.45, 2.75) is 43.6 Å². The van der Waals surface area contributed by atoms with Crippen LogP contribution in [-0.2, 0) is 5.41 Å². The maximum Gasteiger partial charge on any atom is 0.124 e. The summed E-state index contributed by atoms with van der Waals surface area (Å²) in [6.45, 7) is 2.48. The van der Waals surface area contributed by atoms with Crippen LogP contribution < -0.4 is 4.74 Å². The van der Waals surface area contributed by atoms with E-state index in [0.29, 0.717) is 19.4 Å². The average molecular weight is 257 g/mol. The molecule has 2 aliphatic rings. The smallest absolute Gasteiger partial charge is 0.124 e. The summed E-state index contributed by atoms with van der Waals surface area (Å²) < 4.78 is 5.66. The molecule has 3 heteroatoms. The molecule has 1 saturated carbocycles. The molecule has 2 atom stereocenters. The van der Waals surface area contributed by atoms with Crippen molar-refractivity contribution in [1.82, 2.24) is 0 Å². The summed E-state index contributed by atoms with van der Waals surface area (Å²) in [6.07, 6.45) is 3.23. The lowest BCUT2D eigenvalue weighted by molar-refractivity contribution is -0.0541. The van der Waals surface area contributed by atoms with Gasteiger partial charge in [-0.2, -0.15) is 5.26 Å². The van der Waals surface area contributed by atoms with Crippen molar-refractivity contribution >= 4 is 0 Å². The summed E-state index contributed by atoms with van der Waals surface area (Å²) in [6, 6.07) is 10.1. The largest absolute Gasteiger partial charge is 0.493 e. The summed E-state index contributed by atoms with van der Waals surface area (Å²) in [5.74, 6) is 1.01. The number of aliphatic hydroxyl groups is 1. The third-order valence-electron chi connectivity index (χ3n) is 4.80. The topological polar surface area (TPSA) is 53.2 Å². The Morgan fingerprint density at radius 2 is 2.21 bits per heavy atom. The number of benzene rings is 1. The van der Waals surface area contributed by atoms with Crippen LogP contribution in [0.3, 0.4) is 0 Å². The van der Waals surface area contributed by atoms with E-state index in [9.17, 15) is 10.4 Å². The first-order valence-electron chi connectivity index (χ1n) is 7.04. The number of rotatable bonds is 3. The van der Waals surface area contributed by atoms with Crippen LogP contribution >= 0.6 is 0 Å². The number of hydrogen-bond acceptors (Lipinski definition) is 3. The molecule has 2 unspecified atom stereocenters. The van der Waals surface area contributed by atoms with E-state index < -0.39 is 11.0 Å². The van der Waals surface area contributed by atoms with Crippen LogP contribution in [0, 0.1) is 17.2 Å². The van der Waals surface area contributed by atoms with Gasteiger partial charge in [-0.05, 0) is 31.2 Å². The summed E-state index contributed by atoms with van der Waals surface area (Å²) in [5, 5.41) is 21.1. The van der Waals surface area contributed by atoms with E-state index in [4.69, 9.17) is 4.74 Å². The molecule has 3 rings (SSSR count). The molecule has 0 saturated heterocycles. The SMILES string of the molecule is CCC(O)(C1CC1)C1(C#N)CCOc2ccccc21. The molecule has 1 heterocycles. The van der Waals surface area contributed by atoms with Gasteiger partial charge in [0.05, 0.1) is 18.3 Å². The molecule has 0 spiro atoms. The van der Waals surface area contributed by atoms with E-state index in [1.807, 2.05) is 31.2 Å². The van der Waals surface area contributed by atoms with Crippen LogP contribution in [0.15, 0.2) is 24.3 Å². The molecule has 1 aromatic carbocycles. The zero-order chi connectivity index (χ0) is 13.5. The van der Waals surface area contributed by atoms with E-state index in [2.05, 4.69) is 6.07 Å². The van der Waals surface area contributed by atoms with Crippen LogP contribution in [-0.4, -0.2) is 17.3 Å². The fraction of sp³-hybridized carbons (Fsp3) is 0.562. The Morgan fingerprint density at radius 3 is 2.84 bits per heavy atom. The van der Waals surface area contributed by atoms with E-state index in [-0.39, 0.29) is 5.92 Å². The normalized spacial score (nSPS) is 28.7. The van der Waals surface area contributed by atoms with Gasteiger partial charge in [-0.15, -0.1) is 0 Å². The van der Waals surface area contributed by atoms with Gasteiger partial charge in [-0.1, -0.05) is 25.1 Å². The Hall–Kier alpha value is -1.53. The molecule has 0 bridgehead atoms. The lowest BCUT2D eigenvalue weighted by Gasteiger charge is -2.45. The number of nitriles is 1. The zero-order valence-corrected chi connectivity index (χ0v) is 11.2. The standard InChI is InChI=1S/C16H19NO2/c1-2-16(18,12-7-8-12)15(11-17)9-10-19-14-6-4-3-5-13(14)15/h3-6,12,18H,2,7-10H2,1H3. The minimum Gasteiger partial charge on any atom is -0.493 e. The highest BCUT2D eigenvalue weighted by atomic mass is 16.5. The Bertz CT molecular complexity index is 532. The van der Waals surface area contributed by atoms with Gasteiger partial charge >= 0.3 is 0 Å². The average Bonchev–Trinajstić information content (AvgIpc) is 3.30. The molecule has 1 aromatic rings. The fourth-order valence-corrected chi connectivity index (χ4v) is 3.56. The highest BCUT2D eigenvalue weighted by Crippen LogP contribution is 2.55. The second-order valence-corrected chi connectivity index (χ2v) is 5.66. The minimum atomic E-state index is -0.929. The van der Waals surface area contributed by atoms with Crippen LogP contribution in [0.1, 0.15) is 38.2 Å². The third kappa shape index (κ3) is 1.60. The predicted octanol–water partition coefficient (Wildman–Crippen LogP) is 2.78. The first-order valence-corrected chi connectivity index (χ1v) is 7.04. The van der Waals surface area contributed by atoms with Crippen LogP contribution in [0.2, 0.25) is 0 Å². The highest BCUT2D eigenvalue weighted by Gasteiger charge is 2.60. The molecule has 3 nitrogen and oxygen atoms in total. The van der Waals surface area contributed by atoms with Crippen LogP contribution in [0.5, 0.6) is 5.75 Å². The monoisotopic (exact) mass is 257 g/mol. The van der Waals surface area contributed by atoms with Crippen molar-refractivity contribution in [1.29, 1.82) is 5.26 Å². The Kier molecular flexibility index (Phi) is 2.79. The molecule has 0 aromatic heterocycles. The van der Waals surface area contributed by atoms with Gasteiger partial charge in [-0.25, -0.2) is 0 Å². The summed E-state index contributed by atoms with van der Waals surface area (Å²) in [5.41, 5.74) is -0.889. The summed E-state index contributed by atoms with van der Waals surface area (Å²) in [7, 11) is 0. The lowest BCUT2D eigenvalue weighted by atomic mass is 9.62. The van der Waals surface area contributed by atoms with Gasteiger partial charge in [0.15, 0.2) is 0 Å². The Labute approximate surface area is 113 Å². The fourth-order valence-electron chi connectivity index (χ4n) is 3.56. The molecule has 1 aliphatic heterocycles. The highest BCUT2D eigenvalue weighted by molar-refractivity contribution is 5.49.